The number of aryl methyl sites for hydroxylation is 1. The van der Waals surface area contributed by atoms with E-state index in [0.717, 1.165) is 17.7 Å². The molecular weight excluding hydrogens is 246 g/mol. The fourth-order valence-corrected chi connectivity index (χ4v) is 3.81. The summed E-state index contributed by atoms with van der Waals surface area (Å²) in [6, 6.07) is 5.14. The standard InChI is InChI=1S/C17H27N3/c1-14-13-17(5-8-18-14)20-11-6-16(7-12-20)15(2)19-9-3-4-10-19/h5,8,13,15-16H,3-4,6-7,9-12H2,1-2H3/t15-/m0/s1. The van der Waals surface area contributed by atoms with E-state index >= 15 is 0 Å². The summed E-state index contributed by atoms with van der Waals surface area (Å²) in [4.78, 5) is 9.53. The summed E-state index contributed by atoms with van der Waals surface area (Å²) in [6.07, 6.45) is 7.40. The van der Waals surface area contributed by atoms with Crippen LogP contribution >= 0.6 is 0 Å². The first-order chi connectivity index (χ1) is 9.74. The second-order valence-electron chi connectivity index (χ2n) is 6.46. The summed E-state index contributed by atoms with van der Waals surface area (Å²) in [7, 11) is 0. The van der Waals surface area contributed by atoms with Crippen LogP contribution in [0, 0.1) is 12.8 Å². The van der Waals surface area contributed by atoms with Crippen LogP contribution in [0.25, 0.3) is 0 Å². The molecular formula is C17H27N3. The van der Waals surface area contributed by atoms with Crippen molar-refractivity contribution in [3.63, 3.8) is 0 Å². The highest BCUT2D eigenvalue weighted by Gasteiger charge is 2.28. The molecule has 1 atom stereocenters. The maximum atomic E-state index is 4.30. The average molecular weight is 273 g/mol. The highest BCUT2D eigenvalue weighted by Crippen LogP contribution is 2.28. The number of rotatable bonds is 3. The molecule has 3 heteroatoms. The van der Waals surface area contributed by atoms with Gasteiger partial charge >= 0.3 is 0 Å². The lowest BCUT2D eigenvalue weighted by Crippen LogP contribution is -2.43. The van der Waals surface area contributed by atoms with Crippen molar-refractivity contribution in [2.75, 3.05) is 31.1 Å². The summed E-state index contributed by atoms with van der Waals surface area (Å²) in [5.74, 6) is 0.882. The molecule has 0 aliphatic carbocycles. The van der Waals surface area contributed by atoms with Gasteiger partial charge in [-0.1, -0.05) is 0 Å². The molecule has 0 saturated carbocycles. The Morgan fingerprint density at radius 2 is 1.85 bits per heavy atom. The van der Waals surface area contributed by atoms with Crippen LogP contribution in [-0.4, -0.2) is 42.1 Å². The first-order valence-electron chi connectivity index (χ1n) is 8.16. The number of aromatic nitrogens is 1. The Bertz CT molecular complexity index is 432. The third-order valence-corrected chi connectivity index (χ3v) is 5.18. The van der Waals surface area contributed by atoms with Gasteiger partial charge in [-0.2, -0.15) is 0 Å². The van der Waals surface area contributed by atoms with E-state index in [4.69, 9.17) is 0 Å². The fraction of sp³-hybridized carbons (Fsp3) is 0.706. The van der Waals surface area contributed by atoms with Crippen LogP contribution in [0.1, 0.15) is 38.3 Å². The normalized spacial score (nSPS) is 23.2. The topological polar surface area (TPSA) is 19.4 Å². The van der Waals surface area contributed by atoms with Gasteiger partial charge in [0.1, 0.15) is 0 Å². The largest absolute Gasteiger partial charge is 0.371 e. The van der Waals surface area contributed by atoms with Crippen molar-refractivity contribution in [2.24, 2.45) is 5.92 Å². The summed E-state index contributed by atoms with van der Waals surface area (Å²) in [5.41, 5.74) is 2.47. The van der Waals surface area contributed by atoms with Crippen LogP contribution in [0.3, 0.4) is 0 Å². The Balaban J connectivity index is 1.56. The zero-order chi connectivity index (χ0) is 13.9. The molecule has 0 aromatic carbocycles. The minimum absolute atomic E-state index is 0.777. The monoisotopic (exact) mass is 273 g/mol. The predicted molar refractivity (Wildman–Crippen MR) is 84.2 cm³/mol. The Labute approximate surface area is 123 Å². The van der Waals surface area contributed by atoms with Gasteiger partial charge in [0, 0.05) is 36.7 Å². The van der Waals surface area contributed by atoms with E-state index in [-0.39, 0.29) is 0 Å². The summed E-state index contributed by atoms with van der Waals surface area (Å²) in [5, 5.41) is 0. The molecule has 110 valence electrons. The Morgan fingerprint density at radius 3 is 2.50 bits per heavy atom. The number of hydrogen-bond acceptors (Lipinski definition) is 3. The Hall–Kier alpha value is -1.09. The number of hydrogen-bond donors (Lipinski definition) is 0. The fourth-order valence-electron chi connectivity index (χ4n) is 3.81. The first kappa shape index (κ1) is 13.9. The van der Waals surface area contributed by atoms with Gasteiger partial charge in [0.15, 0.2) is 0 Å². The first-order valence-corrected chi connectivity index (χ1v) is 8.16. The lowest BCUT2D eigenvalue weighted by Gasteiger charge is -2.39. The summed E-state index contributed by atoms with van der Waals surface area (Å²) >= 11 is 0. The van der Waals surface area contributed by atoms with Crippen molar-refractivity contribution in [3.8, 4) is 0 Å². The molecule has 0 unspecified atom stereocenters. The van der Waals surface area contributed by atoms with Gasteiger partial charge in [0.05, 0.1) is 0 Å². The van der Waals surface area contributed by atoms with Crippen LogP contribution in [0.4, 0.5) is 5.69 Å². The van der Waals surface area contributed by atoms with Crippen LogP contribution < -0.4 is 4.90 Å². The van der Waals surface area contributed by atoms with Crippen LogP contribution in [0.5, 0.6) is 0 Å². The quantitative estimate of drug-likeness (QED) is 0.843. The van der Waals surface area contributed by atoms with Gasteiger partial charge in [-0.3, -0.25) is 4.98 Å². The highest BCUT2D eigenvalue weighted by molar-refractivity contribution is 5.46. The number of nitrogens with zero attached hydrogens (tertiary/aromatic N) is 3. The Morgan fingerprint density at radius 1 is 1.15 bits per heavy atom. The van der Waals surface area contributed by atoms with Crippen LogP contribution in [-0.2, 0) is 0 Å². The van der Waals surface area contributed by atoms with Gasteiger partial charge < -0.3 is 9.80 Å². The van der Waals surface area contributed by atoms with E-state index in [2.05, 4.69) is 40.8 Å². The van der Waals surface area contributed by atoms with Crippen molar-refractivity contribution in [3.05, 3.63) is 24.0 Å². The smallest absolute Gasteiger partial charge is 0.0399 e. The lowest BCUT2D eigenvalue weighted by atomic mass is 9.89. The molecule has 0 spiro atoms. The lowest BCUT2D eigenvalue weighted by molar-refractivity contribution is 0.168. The third kappa shape index (κ3) is 2.98. The second-order valence-corrected chi connectivity index (χ2v) is 6.46. The third-order valence-electron chi connectivity index (χ3n) is 5.18. The Kier molecular flexibility index (Phi) is 4.25. The van der Waals surface area contributed by atoms with Crippen molar-refractivity contribution >= 4 is 5.69 Å². The molecule has 1 aromatic heterocycles. The molecule has 3 heterocycles. The van der Waals surface area contributed by atoms with Crippen LogP contribution in [0.2, 0.25) is 0 Å². The molecule has 2 fully saturated rings. The van der Waals surface area contributed by atoms with Gasteiger partial charge in [-0.25, -0.2) is 0 Å². The van der Waals surface area contributed by atoms with Crippen molar-refractivity contribution in [1.29, 1.82) is 0 Å². The van der Waals surface area contributed by atoms with Gasteiger partial charge in [0.2, 0.25) is 0 Å². The number of likely N-dealkylation sites (tertiary alicyclic amines) is 1. The summed E-state index contributed by atoms with van der Waals surface area (Å²) < 4.78 is 0. The molecule has 0 radical (unpaired) electrons. The number of piperidine rings is 1. The van der Waals surface area contributed by atoms with E-state index in [9.17, 15) is 0 Å². The zero-order valence-electron chi connectivity index (χ0n) is 12.9. The molecule has 3 rings (SSSR count). The van der Waals surface area contributed by atoms with E-state index in [1.165, 1.54) is 57.5 Å². The van der Waals surface area contributed by atoms with Crippen molar-refractivity contribution in [1.82, 2.24) is 9.88 Å². The van der Waals surface area contributed by atoms with E-state index in [0.29, 0.717) is 0 Å². The molecule has 0 bridgehead atoms. The molecule has 3 nitrogen and oxygen atoms in total. The maximum absolute atomic E-state index is 4.30. The number of anilines is 1. The summed E-state index contributed by atoms with van der Waals surface area (Å²) in [6.45, 7) is 9.57. The molecule has 0 N–H and O–H groups in total. The van der Waals surface area contributed by atoms with E-state index < -0.39 is 0 Å². The molecule has 0 amide bonds. The zero-order valence-corrected chi connectivity index (χ0v) is 12.9. The molecule has 20 heavy (non-hydrogen) atoms. The predicted octanol–water partition coefficient (Wildman–Crippen LogP) is 3.09. The van der Waals surface area contributed by atoms with Crippen LogP contribution in [0.15, 0.2) is 18.3 Å². The van der Waals surface area contributed by atoms with Gasteiger partial charge in [0.25, 0.3) is 0 Å². The van der Waals surface area contributed by atoms with Gasteiger partial charge in [-0.05, 0) is 70.7 Å². The molecule has 2 aliphatic rings. The minimum atomic E-state index is 0.777. The average Bonchev–Trinajstić information content (AvgIpc) is 3.01. The molecule has 1 aromatic rings. The van der Waals surface area contributed by atoms with E-state index in [1.807, 2.05) is 6.20 Å². The maximum Gasteiger partial charge on any atom is 0.0399 e. The van der Waals surface area contributed by atoms with Crippen molar-refractivity contribution in [2.45, 2.75) is 45.6 Å². The highest BCUT2D eigenvalue weighted by atomic mass is 15.2. The molecule has 2 aliphatic heterocycles. The second kappa shape index (κ2) is 6.13. The minimum Gasteiger partial charge on any atom is -0.371 e. The SMILES string of the molecule is Cc1cc(N2CCC([C@H](C)N3CCCC3)CC2)ccn1. The van der Waals surface area contributed by atoms with Gasteiger partial charge in [-0.15, -0.1) is 0 Å². The van der Waals surface area contributed by atoms with Crippen molar-refractivity contribution < 1.29 is 0 Å². The van der Waals surface area contributed by atoms with E-state index in [1.54, 1.807) is 0 Å². The molecule has 2 saturated heterocycles. The number of pyridine rings is 1.